The molecule has 0 bridgehead atoms. The Morgan fingerprint density at radius 1 is 1.11 bits per heavy atom. The first-order valence-corrected chi connectivity index (χ1v) is 10.5. The minimum absolute atomic E-state index is 0.233. The zero-order valence-electron chi connectivity index (χ0n) is 17.2. The molecule has 2 aromatic carbocycles. The van der Waals surface area contributed by atoms with Gasteiger partial charge in [-0.05, 0) is 69.4 Å². The van der Waals surface area contributed by atoms with Crippen LogP contribution in [0.2, 0.25) is 0 Å². The summed E-state index contributed by atoms with van der Waals surface area (Å²) in [7, 11) is 0. The molecule has 4 nitrogen and oxygen atoms in total. The first-order valence-electron chi connectivity index (χ1n) is 9.75. The number of fused-ring (bicyclic) bond motifs is 1. The SMILES string of the molecule is Cc1ccc(SOCCc2ccc3c(c2)CCN(C(=O)OC(C)(C)C)C3)cc1. The maximum atomic E-state index is 12.3. The van der Waals surface area contributed by atoms with Crippen LogP contribution in [0, 0.1) is 6.92 Å². The van der Waals surface area contributed by atoms with Crippen LogP contribution >= 0.6 is 12.0 Å². The van der Waals surface area contributed by atoms with Crippen LogP contribution in [0.25, 0.3) is 0 Å². The summed E-state index contributed by atoms with van der Waals surface area (Å²) in [6.07, 6.45) is 1.51. The number of ether oxygens (including phenoxy) is 1. The molecule has 5 heteroatoms. The highest BCUT2D eigenvalue weighted by molar-refractivity contribution is 7.94. The average molecular weight is 400 g/mol. The summed E-state index contributed by atoms with van der Waals surface area (Å²) in [5.41, 5.74) is 4.59. The fourth-order valence-electron chi connectivity index (χ4n) is 3.11. The summed E-state index contributed by atoms with van der Waals surface area (Å²) < 4.78 is 11.2. The van der Waals surface area contributed by atoms with Gasteiger partial charge in [-0.3, -0.25) is 0 Å². The monoisotopic (exact) mass is 399 g/mol. The maximum absolute atomic E-state index is 12.3. The van der Waals surface area contributed by atoms with Crippen LogP contribution in [0.4, 0.5) is 4.79 Å². The lowest BCUT2D eigenvalue weighted by molar-refractivity contribution is 0.0224. The van der Waals surface area contributed by atoms with E-state index in [1.165, 1.54) is 34.3 Å². The van der Waals surface area contributed by atoms with Gasteiger partial charge in [0, 0.05) is 30.0 Å². The van der Waals surface area contributed by atoms with Crippen LogP contribution < -0.4 is 0 Å². The second-order valence-electron chi connectivity index (χ2n) is 8.22. The Labute approximate surface area is 172 Å². The number of amides is 1. The second kappa shape index (κ2) is 9.01. The first-order chi connectivity index (χ1) is 13.3. The lowest BCUT2D eigenvalue weighted by atomic mass is 9.96. The van der Waals surface area contributed by atoms with Crippen molar-refractivity contribution in [1.29, 1.82) is 0 Å². The number of carbonyl (C=O) groups is 1. The number of aryl methyl sites for hydroxylation is 1. The summed E-state index contributed by atoms with van der Waals surface area (Å²) in [6, 6.07) is 14.9. The molecule has 0 aliphatic carbocycles. The molecule has 2 aromatic rings. The summed E-state index contributed by atoms with van der Waals surface area (Å²) in [6.45, 7) is 9.76. The Hall–Kier alpha value is -1.98. The van der Waals surface area contributed by atoms with Crippen molar-refractivity contribution in [2.24, 2.45) is 0 Å². The molecule has 3 rings (SSSR count). The number of hydrogen-bond donors (Lipinski definition) is 0. The highest BCUT2D eigenvalue weighted by atomic mass is 32.2. The minimum Gasteiger partial charge on any atom is -0.444 e. The van der Waals surface area contributed by atoms with Crippen molar-refractivity contribution in [2.45, 2.75) is 57.6 Å². The van der Waals surface area contributed by atoms with Crippen molar-refractivity contribution in [3.8, 4) is 0 Å². The first kappa shape index (κ1) is 20.7. The lowest BCUT2D eigenvalue weighted by Crippen LogP contribution is -2.39. The Morgan fingerprint density at radius 2 is 1.86 bits per heavy atom. The third-order valence-corrected chi connectivity index (χ3v) is 5.33. The fraction of sp³-hybridized carbons (Fsp3) is 0.435. The van der Waals surface area contributed by atoms with Gasteiger partial charge in [0.15, 0.2) is 0 Å². The molecule has 150 valence electrons. The molecular formula is C23H29NO3S. The summed E-state index contributed by atoms with van der Waals surface area (Å²) in [4.78, 5) is 15.2. The molecule has 0 fully saturated rings. The number of rotatable bonds is 5. The number of benzene rings is 2. The summed E-state index contributed by atoms with van der Waals surface area (Å²) in [5.74, 6) is 0. The predicted molar refractivity (Wildman–Crippen MR) is 113 cm³/mol. The highest BCUT2D eigenvalue weighted by Gasteiger charge is 2.25. The molecule has 0 aromatic heterocycles. The van der Waals surface area contributed by atoms with Gasteiger partial charge >= 0.3 is 6.09 Å². The zero-order chi connectivity index (χ0) is 20.1. The van der Waals surface area contributed by atoms with Gasteiger partial charge in [-0.15, -0.1) is 0 Å². The molecule has 0 radical (unpaired) electrons. The summed E-state index contributed by atoms with van der Waals surface area (Å²) in [5, 5.41) is 0. The van der Waals surface area contributed by atoms with E-state index in [1.54, 1.807) is 4.90 Å². The van der Waals surface area contributed by atoms with Gasteiger partial charge in [-0.25, -0.2) is 4.79 Å². The van der Waals surface area contributed by atoms with Crippen molar-refractivity contribution in [3.05, 3.63) is 64.7 Å². The standard InChI is InChI=1S/C23H29NO3S/c1-17-5-9-21(10-6-17)28-26-14-12-18-7-8-20-16-24(13-11-19(20)15-18)22(25)27-23(2,3)4/h5-10,15H,11-14,16H2,1-4H3. The van der Waals surface area contributed by atoms with Crippen LogP contribution in [0.15, 0.2) is 47.4 Å². The smallest absolute Gasteiger partial charge is 0.410 e. The van der Waals surface area contributed by atoms with E-state index in [2.05, 4.69) is 49.4 Å². The molecule has 0 atom stereocenters. The van der Waals surface area contributed by atoms with E-state index in [1.807, 2.05) is 20.8 Å². The van der Waals surface area contributed by atoms with Crippen molar-refractivity contribution >= 4 is 18.1 Å². The van der Waals surface area contributed by atoms with Gasteiger partial charge in [0.2, 0.25) is 0 Å². The predicted octanol–water partition coefficient (Wildman–Crippen LogP) is 5.55. The van der Waals surface area contributed by atoms with E-state index in [-0.39, 0.29) is 6.09 Å². The van der Waals surface area contributed by atoms with Gasteiger partial charge in [0.1, 0.15) is 5.60 Å². The third-order valence-electron chi connectivity index (χ3n) is 4.58. The van der Waals surface area contributed by atoms with Gasteiger partial charge in [0.25, 0.3) is 0 Å². The molecule has 0 saturated carbocycles. The van der Waals surface area contributed by atoms with Crippen molar-refractivity contribution in [3.63, 3.8) is 0 Å². The average Bonchev–Trinajstić information content (AvgIpc) is 2.65. The second-order valence-corrected chi connectivity index (χ2v) is 9.10. The number of nitrogens with zero attached hydrogens (tertiary/aromatic N) is 1. The number of carbonyl (C=O) groups excluding carboxylic acids is 1. The van der Waals surface area contributed by atoms with Crippen molar-refractivity contribution in [1.82, 2.24) is 4.90 Å². The molecule has 0 unspecified atom stereocenters. The molecular weight excluding hydrogens is 370 g/mol. The van der Waals surface area contributed by atoms with E-state index < -0.39 is 5.60 Å². The minimum atomic E-state index is -0.461. The van der Waals surface area contributed by atoms with E-state index in [0.29, 0.717) is 19.7 Å². The van der Waals surface area contributed by atoms with E-state index in [4.69, 9.17) is 8.92 Å². The molecule has 28 heavy (non-hydrogen) atoms. The molecule has 0 spiro atoms. The molecule has 1 heterocycles. The van der Waals surface area contributed by atoms with Crippen molar-refractivity contribution < 1.29 is 13.7 Å². The number of hydrogen-bond acceptors (Lipinski definition) is 4. The maximum Gasteiger partial charge on any atom is 0.410 e. The molecule has 0 N–H and O–H groups in total. The topological polar surface area (TPSA) is 38.8 Å². The quantitative estimate of drug-likeness (QED) is 0.488. The van der Waals surface area contributed by atoms with Crippen LogP contribution in [0.3, 0.4) is 0 Å². The van der Waals surface area contributed by atoms with Gasteiger partial charge in [-0.2, -0.15) is 0 Å². The Morgan fingerprint density at radius 3 is 2.57 bits per heavy atom. The zero-order valence-corrected chi connectivity index (χ0v) is 18.0. The van der Waals surface area contributed by atoms with Gasteiger partial charge in [0.05, 0.1) is 6.61 Å². The fourth-order valence-corrected chi connectivity index (χ4v) is 3.66. The van der Waals surface area contributed by atoms with E-state index >= 15 is 0 Å². The van der Waals surface area contributed by atoms with Crippen LogP contribution in [-0.4, -0.2) is 29.7 Å². The molecule has 0 saturated heterocycles. The van der Waals surface area contributed by atoms with Crippen molar-refractivity contribution in [2.75, 3.05) is 13.2 Å². The van der Waals surface area contributed by atoms with E-state index in [9.17, 15) is 4.79 Å². The lowest BCUT2D eigenvalue weighted by Gasteiger charge is -2.31. The van der Waals surface area contributed by atoms with Crippen LogP contribution in [0.1, 0.15) is 43.0 Å². The molecule has 1 aliphatic heterocycles. The Balaban J connectivity index is 1.49. The molecule has 1 aliphatic rings. The third kappa shape index (κ3) is 6.01. The summed E-state index contributed by atoms with van der Waals surface area (Å²) >= 11 is 1.43. The van der Waals surface area contributed by atoms with E-state index in [0.717, 1.165) is 17.7 Å². The highest BCUT2D eigenvalue weighted by Crippen LogP contribution is 2.23. The Bertz CT molecular complexity index is 812. The van der Waals surface area contributed by atoms with Crippen LogP contribution in [-0.2, 0) is 28.3 Å². The van der Waals surface area contributed by atoms with Crippen LogP contribution in [0.5, 0.6) is 0 Å². The van der Waals surface area contributed by atoms with Gasteiger partial charge < -0.3 is 13.8 Å². The molecule has 1 amide bonds. The Kier molecular flexibility index (Phi) is 6.68. The normalized spacial score (nSPS) is 13.9. The largest absolute Gasteiger partial charge is 0.444 e. The van der Waals surface area contributed by atoms with Gasteiger partial charge in [-0.1, -0.05) is 35.9 Å².